The van der Waals surface area contributed by atoms with Gasteiger partial charge in [0.2, 0.25) is 0 Å². The normalized spacial score (nSPS) is 24.5. The summed E-state index contributed by atoms with van der Waals surface area (Å²) >= 11 is 0. The van der Waals surface area contributed by atoms with Crippen molar-refractivity contribution in [3.63, 3.8) is 0 Å². The molecular weight excluding hydrogens is 416 g/mol. The molecule has 0 bridgehead atoms. The monoisotopic (exact) mass is 446 g/mol. The molecule has 3 aliphatic heterocycles. The summed E-state index contributed by atoms with van der Waals surface area (Å²) in [6.07, 6.45) is 6.80. The summed E-state index contributed by atoms with van der Waals surface area (Å²) < 4.78 is 12.6. The molecule has 3 aliphatic rings. The molecule has 3 aromatic rings. The molecule has 2 atom stereocenters. The Labute approximate surface area is 193 Å². The van der Waals surface area contributed by atoms with Gasteiger partial charge >= 0.3 is 5.97 Å². The second-order valence-corrected chi connectivity index (χ2v) is 9.72. The fourth-order valence-corrected chi connectivity index (χ4v) is 6.33. The number of carbonyl (C=O) groups is 1. The number of aromatic nitrogens is 1. The second-order valence-electron chi connectivity index (χ2n) is 9.72. The van der Waals surface area contributed by atoms with Crippen LogP contribution in [0.25, 0.3) is 10.9 Å². The van der Waals surface area contributed by atoms with Crippen LogP contribution < -0.4 is 9.47 Å². The number of aliphatic hydroxyl groups excluding tert-OH is 1. The molecule has 6 heteroatoms. The zero-order valence-corrected chi connectivity index (χ0v) is 19.0. The van der Waals surface area contributed by atoms with E-state index in [-0.39, 0.29) is 18.3 Å². The maximum Gasteiger partial charge on any atom is 0.346 e. The van der Waals surface area contributed by atoms with E-state index in [1.807, 2.05) is 13.0 Å². The Morgan fingerprint density at radius 1 is 1.24 bits per heavy atom. The quantitative estimate of drug-likeness (QED) is 0.450. The number of esters is 1. The molecular formula is C27H30N2O4. The highest BCUT2D eigenvalue weighted by molar-refractivity contribution is 6.08. The van der Waals surface area contributed by atoms with E-state index >= 15 is 0 Å². The number of nitrogens with zero attached hydrogens (tertiary/aromatic N) is 1. The van der Waals surface area contributed by atoms with Crippen LogP contribution in [-0.2, 0) is 13.0 Å². The lowest BCUT2D eigenvalue weighted by Crippen LogP contribution is -2.64. The van der Waals surface area contributed by atoms with E-state index < -0.39 is 0 Å². The van der Waals surface area contributed by atoms with Gasteiger partial charge in [-0.2, -0.15) is 0 Å². The maximum atomic E-state index is 13.4. The molecule has 2 saturated heterocycles. The summed E-state index contributed by atoms with van der Waals surface area (Å²) in [5.74, 6) is 1.39. The predicted octanol–water partition coefficient (Wildman–Crippen LogP) is 4.71. The zero-order chi connectivity index (χ0) is 22.6. The predicted molar refractivity (Wildman–Crippen MR) is 126 cm³/mol. The first-order valence-electron chi connectivity index (χ1n) is 12.1. The Morgan fingerprint density at radius 3 is 3.00 bits per heavy atom. The molecule has 1 spiro atoms. The molecule has 2 aromatic carbocycles. The van der Waals surface area contributed by atoms with Crippen LogP contribution in [0.3, 0.4) is 0 Å². The largest absolute Gasteiger partial charge is 0.472 e. The number of rotatable bonds is 3. The standard InChI is InChI=1S/C27H30N2O4/c1-17-24(26(31)32-20-8-4-6-18(14-20)16-30)25-21-15-19-7-5-13-29-12-3-2-11-27(19,29)33-23(21)10-9-22(25)28-17/h4,6,8-10,14,19,28,30H,2-3,5,7,11-13,15-16H2,1H3. The van der Waals surface area contributed by atoms with Crippen molar-refractivity contribution in [2.75, 3.05) is 13.1 Å². The molecule has 0 radical (unpaired) electrons. The first kappa shape index (κ1) is 20.8. The molecule has 2 unspecified atom stereocenters. The number of ether oxygens (including phenoxy) is 2. The number of piperidine rings is 2. The highest BCUT2D eigenvalue weighted by atomic mass is 16.5. The second kappa shape index (κ2) is 7.89. The highest BCUT2D eigenvalue weighted by Gasteiger charge is 2.52. The van der Waals surface area contributed by atoms with Gasteiger partial charge in [-0.05, 0) is 68.9 Å². The number of aromatic amines is 1. The summed E-state index contributed by atoms with van der Waals surface area (Å²) in [5, 5.41) is 10.3. The fourth-order valence-electron chi connectivity index (χ4n) is 6.33. The van der Waals surface area contributed by atoms with E-state index in [0.717, 1.165) is 60.3 Å². The van der Waals surface area contributed by atoms with Gasteiger partial charge in [-0.15, -0.1) is 0 Å². The van der Waals surface area contributed by atoms with Crippen molar-refractivity contribution in [1.82, 2.24) is 9.88 Å². The van der Waals surface area contributed by atoms with Crippen LogP contribution in [0.2, 0.25) is 0 Å². The molecule has 0 aliphatic carbocycles. The lowest BCUT2D eigenvalue weighted by atomic mass is 9.74. The summed E-state index contributed by atoms with van der Waals surface area (Å²) in [4.78, 5) is 19.3. The Hall–Kier alpha value is -2.83. The van der Waals surface area contributed by atoms with Crippen LogP contribution in [0.4, 0.5) is 0 Å². The summed E-state index contributed by atoms with van der Waals surface area (Å²) in [6.45, 7) is 4.05. The number of hydrogen-bond donors (Lipinski definition) is 2. The van der Waals surface area contributed by atoms with E-state index in [1.54, 1.807) is 24.3 Å². The SMILES string of the molecule is Cc1[nH]c2ccc3c(c2c1C(=O)Oc1cccc(CO)c1)CC1CCCN2CCCCC12O3. The molecule has 6 nitrogen and oxygen atoms in total. The van der Waals surface area contributed by atoms with Gasteiger partial charge in [-0.25, -0.2) is 4.79 Å². The molecule has 2 fully saturated rings. The number of carbonyl (C=O) groups excluding carboxylic acids is 1. The lowest BCUT2D eigenvalue weighted by Gasteiger charge is -2.56. The van der Waals surface area contributed by atoms with Crippen LogP contribution in [0.15, 0.2) is 36.4 Å². The number of fused-ring (bicyclic) bond motifs is 3. The fraction of sp³-hybridized carbons (Fsp3) is 0.444. The Kier molecular flexibility index (Phi) is 4.96. The minimum atomic E-state index is -0.384. The van der Waals surface area contributed by atoms with Crippen LogP contribution >= 0.6 is 0 Å². The molecule has 2 N–H and O–H groups in total. The average Bonchev–Trinajstić information content (AvgIpc) is 3.18. The van der Waals surface area contributed by atoms with E-state index in [1.165, 1.54) is 19.3 Å². The van der Waals surface area contributed by atoms with Gasteiger partial charge in [0.1, 0.15) is 11.5 Å². The first-order chi connectivity index (χ1) is 16.1. The van der Waals surface area contributed by atoms with Gasteiger partial charge in [0.15, 0.2) is 5.72 Å². The van der Waals surface area contributed by atoms with Crippen molar-refractivity contribution in [2.24, 2.45) is 5.92 Å². The molecule has 0 amide bonds. The Bertz CT molecular complexity index is 1230. The minimum absolute atomic E-state index is 0.0947. The van der Waals surface area contributed by atoms with Crippen LogP contribution in [0.5, 0.6) is 11.5 Å². The van der Waals surface area contributed by atoms with Crippen molar-refractivity contribution in [3.8, 4) is 11.5 Å². The van der Waals surface area contributed by atoms with Crippen molar-refractivity contribution < 1.29 is 19.4 Å². The van der Waals surface area contributed by atoms with Gasteiger partial charge < -0.3 is 19.6 Å². The third-order valence-corrected chi connectivity index (χ3v) is 7.82. The smallest absolute Gasteiger partial charge is 0.346 e. The van der Waals surface area contributed by atoms with Crippen molar-refractivity contribution in [1.29, 1.82) is 0 Å². The van der Waals surface area contributed by atoms with E-state index in [0.29, 0.717) is 22.8 Å². The summed E-state index contributed by atoms with van der Waals surface area (Å²) in [7, 11) is 0. The number of aliphatic hydroxyl groups is 1. The third-order valence-electron chi connectivity index (χ3n) is 7.82. The molecule has 33 heavy (non-hydrogen) atoms. The molecule has 6 rings (SSSR count). The third kappa shape index (κ3) is 3.27. The Morgan fingerprint density at radius 2 is 2.12 bits per heavy atom. The van der Waals surface area contributed by atoms with E-state index in [2.05, 4.69) is 16.0 Å². The lowest BCUT2D eigenvalue weighted by molar-refractivity contribution is -0.177. The molecule has 0 saturated carbocycles. The van der Waals surface area contributed by atoms with Gasteiger partial charge in [0, 0.05) is 47.6 Å². The van der Waals surface area contributed by atoms with Gasteiger partial charge in [0.25, 0.3) is 0 Å². The zero-order valence-electron chi connectivity index (χ0n) is 19.0. The van der Waals surface area contributed by atoms with Crippen LogP contribution in [0, 0.1) is 12.8 Å². The van der Waals surface area contributed by atoms with E-state index in [4.69, 9.17) is 9.47 Å². The van der Waals surface area contributed by atoms with Crippen LogP contribution in [-0.4, -0.2) is 39.8 Å². The molecule has 1 aromatic heterocycles. The number of aryl methyl sites for hydroxylation is 1. The van der Waals surface area contributed by atoms with Crippen molar-refractivity contribution in [2.45, 2.75) is 57.8 Å². The van der Waals surface area contributed by atoms with E-state index in [9.17, 15) is 9.90 Å². The van der Waals surface area contributed by atoms with Crippen molar-refractivity contribution >= 4 is 16.9 Å². The van der Waals surface area contributed by atoms with Gasteiger partial charge in [-0.3, -0.25) is 4.90 Å². The topological polar surface area (TPSA) is 74.8 Å². The highest BCUT2D eigenvalue weighted by Crippen LogP contribution is 2.50. The average molecular weight is 447 g/mol. The number of H-pyrrole nitrogens is 1. The van der Waals surface area contributed by atoms with Crippen molar-refractivity contribution in [3.05, 3.63) is 58.8 Å². The summed E-state index contributed by atoms with van der Waals surface area (Å²) in [6, 6.07) is 11.1. The minimum Gasteiger partial charge on any atom is -0.472 e. The number of hydrogen-bond acceptors (Lipinski definition) is 5. The Balaban J connectivity index is 1.41. The first-order valence-corrected chi connectivity index (χ1v) is 12.1. The van der Waals surface area contributed by atoms with Crippen LogP contribution in [0.1, 0.15) is 59.3 Å². The molecule has 4 heterocycles. The maximum absolute atomic E-state index is 13.4. The number of benzene rings is 2. The van der Waals surface area contributed by atoms with Gasteiger partial charge in [-0.1, -0.05) is 12.1 Å². The number of nitrogens with one attached hydrogen (secondary N) is 1. The summed E-state index contributed by atoms with van der Waals surface area (Å²) in [5.41, 5.74) is 3.96. The van der Waals surface area contributed by atoms with Gasteiger partial charge in [0.05, 0.1) is 12.2 Å². The molecule has 172 valence electrons.